The summed E-state index contributed by atoms with van der Waals surface area (Å²) in [4.78, 5) is 4.21. The van der Waals surface area contributed by atoms with Gasteiger partial charge in [-0.2, -0.15) is 4.74 Å². The molecular formula is C18H17N3O. The predicted octanol–water partition coefficient (Wildman–Crippen LogP) is 3.50. The highest BCUT2D eigenvalue weighted by molar-refractivity contribution is 5.76. The number of aryl methyl sites for hydroxylation is 1. The summed E-state index contributed by atoms with van der Waals surface area (Å²) >= 11 is 0. The fourth-order valence-electron chi connectivity index (χ4n) is 2.26. The molecule has 4 nitrogen and oxygen atoms in total. The lowest BCUT2D eigenvalue weighted by atomic mass is 10.1. The van der Waals surface area contributed by atoms with E-state index in [0.29, 0.717) is 5.69 Å². The molecule has 0 amide bonds. The molecule has 0 radical (unpaired) electrons. The highest BCUT2D eigenvalue weighted by Crippen LogP contribution is 2.11. The van der Waals surface area contributed by atoms with Crippen molar-refractivity contribution in [3.05, 3.63) is 89.1 Å². The standard InChI is InChI=1S/C18H17N3O/c1-15-19-11-12-20(15)13-16-7-9-17(10-8-16)14-21(22)18-5-3-2-4-6-18/h2-12,14H,13H2,1H3/b21-14-. The second-order valence-electron chi connectivity index (χ2n) is 5.13. The van der Waals surface area contributed by atoms with E-state index in [1.54, 1.807) is 24.5 Å². The number of para-hydroxylation sites is 1. The second-order valence-corrected chi connectivity index (χ2v) is 5.13. The van der Waals surface area contributed by atoms with Gasteiger partial charge in [-0.15, -0.1) is 0 Å². The molecule has 22 heavy (non-hydrogen) atoms. The third kappa shape index (κ3) is 3.23. The molecule has 3 aromatic rings. The van der Waals surface area contributed by atoms with Crippen molar-refractivity contribution in [3.63, 3.8) is 0 Å². The normalized spacial score (nSPS) is 11.6. The van der Waals surface area contributed by atoms with Crippen molar-refractivity contribution in [1.29, 1.82) is 0 Å². The van der Waals surface area contributed by atoms with Gasteiger partial charge in [0.15, 0.2) is 6.21 Å². The topological polar surface area (TPSA) is 43.9 Å². The van der Waals surface area contributed by atoms with E-state index in [2.05, 4.69) is 9.55 Å². The molecule has 0 fully saturated rings. The Balaban J connectivity index is 1.76. The number of hydrogen-bond donors (Lipinski definition) is 0. The summed E-state index contributed by atoms with van der Waals surface area (Å²) < 4.78 is 2.97. The fraction of sp³-hybridized carbons (Fsp3) is 0.111. The van der Waals surface area contributed by atoms with Gasteiger partial charge in [0.25, 0.3) is 0 Å². The van der Waals surface area contributed by atoms with E-state index >= 15 is 0 Å². The lowest BCUT2D eigenvalue weighted by Gasteiger charge is -2.06. The Morgan fingerprint density at radius 2 is 1.82 bits per heavy atom. The lowest BCUT2D eigenvalue weighted by molar-refractivity contribution is -0.354. The van der Waals surface area contributed by atoms with E-state index in [0.717, 1.165) is 22.7 Å². The number of aromatic nitrogens is 2. The Morgan fingerprint density at radius 3 is 2.45 bits per heavy atom. The average molecular weight is 291 g/mol. The summed E-state index contributed by atoms with van der Waals surface area (Å²) in [5.74, 6) is 0.991. The van der Waals surface area contributed by atoms with Crippen LogP contribution in [0.15, 0.2) is 67.0 Å². The molecule has 0 aliphatic heterocycles. The highest BCUT2D eigenvalue weighted by atomic mass is 16.5. The number of imidazole rings is 1. The van der Waals surface area contributed by atoms with Crippen LogP contribution < -0.4 is 0 Å². The molecule has 0 unspecified atom stereocenters. The molecule has 0 aliphatic carbocycles. The van der Waals surface area contributed by atoms with Crippen LogP contribution in [-0.2, 0) is 6.54 Å². The molecule has 1 aromatic heterocycles. The summed E-state index contributed by atoms with van der Waals surface area (Å²) in [5, 5.41) is 12.0. The number of rotatable bonds is 4. The molecule has 0 saturated heterocycles. The first kappa shape index (κ1) is 14.1. The number of hydrogen-bond acceptors (Lipinski definition) is 2. The third-order valence-corrected chi connectivity index (χ3v) is 3.53. The summed E-state index contributed by atoms with van der Waals surface area (Å²) in [5.41, 5.74) is 2.68. The van der Waals surface area contributed by atoms with E-state index in [1.807, 2.05) is 55.6 Å². The maximum atomic E-state index is 12.0. The molecule has 0 atom stereocenters. The second kappa shape index (κ2) is 6.26. The van der Waals surface area contributed by atoms with Crippen LogP contribution in [0.5, 0.6) is 0 Å². The molecular weight excluding hydrogens is 274 g/mol. The first-order valence-electron chi connectivity index (χ1n) is 7.15. The third-order valence-electron chi connectivity index (χ3n) is 3.53. The minimum Gasteiger partial charge on any atom is -0.618 e. The van der Waals surface area contributed by atoms with Crippen molar-refractivity contribution in [3.8, 4) is 0 Å². The van der Waals surface area contributed by atoms with Gasteiger partial charge < -0.3 is 9.77 Å². The van der Waals surface area contributed by atoms with Crippen molar-refractivity contribution in [1.82, 2.24) is 9.55 Å². The SMILES string of the molecule is Cc1nccn1Cc1ccc(/C=[N+](\[O-])c2ccccc2)cc1. The predicted molar refractivity (Wildman–Crippen MR) is 87.4 cm³/mol. The van der Waals surface area contributed by atoms with Gasteiger partial charge in [0.1, 0.15) is 5.82 Å². The van der Waals surface area contributed by atoms with E-state index in [9.17, 15) is 5.21 Å². The number of nitrogens with zero attached hydrogens (tertiary/aromatic N) is 3. The minimum absolute atomic E-state index is 0.626. The molecule has 4 heteroatoms. The van der Waals surface area contributed by atoms with Crippen LogP contribution in [0.4, 0.5) is 5.69 Å². The fourth-order valence-corrected chi connectivity index (χ4v) is 2.26. The zero-order valence-corrected chi connectivity index (χ0v) is 12.4. The maximum Gasteiger partial charge on any atom is 0.216 e. The van der Waals surface area contributed by atoms with Gasteiger partial charge in [0.05, 0.1) is 0 Å². The Labute approximate surface area is 129 Å². The minimum atomic E-state index is 0.626. The zero-order valence-electron chi connectivity index (χ0n) is 12.4. The van der Waals surface area contributed by atoms with Gasteiger partial charge in [0, 0.05) is 36.6 Å². The van der Waals surface area contributed by atoms with E-state index in [-0.39, 0.29) is 0 Å². The smallest absolute Gasteiger partial charge is 0.216 e. The summed E-state index contributed by atoms with van der Waals surface area (Å²) in [6.45, 7) is 2.77. The van der Waals surface area contributed by atoms with Crippen LogP contribution in [0, 0.1) is 12.1 Å². The summed E-state index contributed by atoms with van der Waals surface area (Å²) in [6, 6.07) is 17.2. The molecule has 2 aromatic carbocycles. The van der Waals surface area contributed by atoms with Gasteiger partial charge in [0.2, 0.25) is 5.69 Å². The molecule has 1 heterocycles. The monoisotopic (exact) mass is 291 g/mol. The molecule has 0 N–H and O–H groups in total. The largest absolute Gasteiger partial charge is 0.618 e. The van der Waals surface area contributed by atoms with E-state index < -0.39 is 0 Å². The van der Waals surface area contributed by atoms with Crippen LogP contribution in [-0.4, -0.2) is 20.5 Å². The van der Waals surface area contributed by atoms with E-state index in [4.69, 9.17) is 0 Å². The van der Waals surface area contributed by atoms with Gasteiger partial charge in [-0.05, 0) is 24.6 Å². The Morgan fingerprint density at radius 1 is 1.09 bits per heavy atom. The van der Waals surface area contributed by atoms with Crippen molar-refractivity contribution >= 4 is 11.9 Å². The van der Waals surface area contributed by atoms with Gasteiger partial charge in [-0.25, -0.2) is 4.98 Å². The Hall–Kier alpha value is -2.88. The summed E-state index contributed by atoms with van der Waals surface area (Å²) in [6.07, 6.45) is 5.35. The van der Waals surface area contributed by atoms with E-state index in [1.165, 1.54) is 5.56 Å². The van der Waals surface area contributed by atoms with Gasteiger partial charge >= 0.3 is 0 Å². The molecule has 110 valence electrons. The van der Waals surface area contributed by atoms with Crippen molar-refractivity contribution in [2.45, 2.75) is 13.5 Å². The first-order valence-corrected chi connectivity index (χ1v) is 7.15. The quantitative estimate of drug-likeness (QED) is 0.319. The van der Waals surface area contributed by atoms with Crippen LogP contribution in [0.2, 0.25) is 0 Å². The molecule has 0 bridgehead atoms. The molecule has 0 spiro atoms. The molecule has 0 saturated carbocycles. The van der Waals surface area contributed by atoms with Gasteiger partial charge in [-0.3, -0.25) is 0 Å². The van der Waals surface area contributed by atoms with Crippen LogP contribution in [0.3, 0.4) is 0 Å². The van der Waals surface area contributed by atoms with Crippen LogP contribution in [0.1, 0.15) is 17.0 Å². The van der Waals surface area contributed by atoms with Crippen molar-refractivity contribution in [2.24, 2.45) is 0 Å². The van der Waals surface area contributed by atoms with Crippen molar-refractivity contribution in [2.75, 3.05) is 0 Å². The average Bonchev–Trinajstić information content (AvgIpc) is 2.95. The zero-order chi connectivity index (χ0) is 15.4. The Bertz CT molecular complexity index is 774. The van der Waals surface area contributed by atoms with Gasteiger partial charge in [-0.1, -0.05) is 30.3 Å². The van der Waals surface area contributed by atoms with Crippen LogP contribution in [0.25, 0.3) is 0 Å². The van der Waals surface area contributed by atoms with Crippen molar-refractivity contribution < 1.29 is 4.74 Å². The molecule has 0 aliphatic rings. The summed E-state index contributed by atoms with van der Waals surface area (Å²) in [7, 11) is 0. The first-order chi connectivity index (χ1) is 10.7. The number of benzene rings is 2. The highest BCUT2D eigenvalue weighted by Gasteiger charge is 2.02. The maximum absolute atomic E-state index is 12.0. The lowest BCUT2D eigenvalue weighted by Crippen LogP contribution is -2.02. The van der Waals surface area contributed by atoms with Crippen LogP contribution >= 0.6 is 0 Å². The Kier molecular flexibility index (Phi) is 4.01. The molecule has 3 rings (SSSR count).